The summed E-state index contributed by atoms with van der Waals surface area (Å²) in [4.78, 5) is 23.0. The van der Waals surface area contributed by atoms with Crippen LogP contribution < -0.4 is 10.1 Å². The second kappa shape index (κ2) is 7.85. The maximum atomic E-state index is 11.7. The van der Waals surface area contributed by atoms with Crippen molar-refractivity contribution in [1.29, 1.82) is 0 Å². The van der Waals surface area contributed by atoms with Crippen molar-refractivity contribution in [3.63, 3.8) is 0 Å². The van der Waals surface area contributed by atoms with Crippen LogP contribution in [0.25, 0.3) is 0 Å². The summed E-state index contributed by atoms with van der Waals surface area (Å²) in [5.41, 5.74) is 0.104. The van der Waals surface area contributed by atoms with Crippen molar-refractivity contribution in [3.8, 4) is 5.75 Å². The zero-order valence-corrected chi connectivity index (χ0v) is 14.3. The topological polar surface area (TPSA) is 84.9 Å². The van der Waals surface area contributed by atoms with Gasteiger partial charge in [0.15, 0.2) is 0 Å². The van der Waals surface area contributed by atoms with Gasteiger partial charge in [-0.15, -0.1) is 0 Å². The molecule has 0 saturated carbocycles. The van der Waals surface area contributed by atoms with Crippen LogP contribution >= 0.6 is 0 Å². The molecule has 2 N–H and O–H groups in total. The molecule has 1 rings (SSSR count). The first kappa shape index (κ1) is 18.8. The average Bonchev–Trinajstić information content (AvgIpc) is 2.37. The second-order valence-corrected chi connectivity index (χ2v) is 6.55. The molecule has 23 heavy (non-hydrogen) atoms. The standard InChI is InChI=1S/C17H25NO5/c1-11(2)22-13-8-6-12(7-9-13)10-14(15(19)20)18-16(21)23-17(3,4)5/h6-9,11,14H,10H2,1-5H3,(H,18,21)(H,19,20)/t14-/m0/s1. The Morgan fingerprint density at radius 3 is 2.17 bits per heavy atom. The monoisotopic (exact) mass is 323 g/mol. The first-order valence-corrected chi connectivity index (χ1v) is 7.55. The lowest BCUT2D eigenvalue weighted by Crippen LogP contribution is -2.44. The minimum Gasteiger partial charge on any atom is -0.491 e. The summed E-state index contributed by atoms with van der Waals surface area (Å²) in [5, 5.41) is 11.6. The zero-order valence-electron chi connectivity index (χ0n) is 14.3. The van der Waals surface area contributed by atoms with E-state index in [9.17, 15) is 14.7 Å². The zero-order chi connectivity index (χ0) is 17.6. The van der Waals surface area contributed by atoms with Crippen LogP contribution in [0.5, 0.6) is 5.75 Å². The van der Waals surface area contributed by atoms with E-state index in [2.05, 4.69) is 5.32 Å². The molecule has 0 bridgehead atoms. The van der Waals surface area contributed by atoms with Gasteiger partial charge in [-0.1, -0.05) is 12.1 Å². The predicted octanol–water partition coefficient (Wildman–Crippen LogP) is 2.99. The Bertz CT molecular complexity index is 531. The smallest absolute Gasteiger partial charge is 0.408 e. The fourth-order valence-electron chi connectivity index (χ4n) is 1.86. The fraction of sp³-hybridized carbons (Fsp3) is 0.529. The van der Waals surface area contributed by atoms with Crippen molar-refractivity contribution in [3.05, 3.63) is 29.8 Å². The van der Waals surface area contributed by atoms with Crippen LogP contribution in [0.1, 0.15) is 40.2 Å². The van der Waals surface area contributed by atoms with E-state index in [-0.39, 0.29) is 12.5 Å². The number of aliphatic carboxylic acids is 1. The lowest BCUT2D eigenvalue weighted by molar-refractivity contribution is -0.139. The molecule has 0 aromatic heterocycles. The highest BCUT2D eigenvalue weighted by Crippen LogP contribution is 2.15. The number of alkyl carbamates (subject to hydrolysis) is 1. The van der Waals surface area contributed by atoms with Gasteiger partial charge in [0.1, 0.15) is 17.4 Å². The number of hydrogen-bond acceptors (Lipinski definition) is 4. The van der Waals surface area contributed by atoms with Crippen molar-refractivity contribution in [2.45, 2.75) is 58.8 Å². The Balaban J connectivity index is 2.69. The van der Waals surface area contributed by atoms with Gasteiger partial charge < -0.3 is 19.9 Å². The number of carboxylic acids is 1. The van der Waals surface area contributed by atoms with Gasteiger partial charge in [-0.25, -0.2) is 9.59 Å². The van der Waals surface area contributed by atoms with E-state index in [0.29, 0.717) is 0 Å². The third-order valence-corrected chi connectivity index (χ3v) is 2.72. The number of nitrogens with one attached hydrogen (secondary N) is 1. The van der Waals surface area contributed by atoms with E-state index >= 15 is 0 Å². The summed E-state index contributed by atoms with van der Waals surface area (Å²) in [5.74, 6) is -0.394. The largest absolute Gasteiger partial charge is 0.491 e. The van der Waals surface area contributed by atoms with Gasteiger partial charge >= 0.3 is 12.1 Å². The normalized spacial score (nSPS) is 12.6. The van der Waals surface area contributed by atoms with Gasteiger partial charge in [0.05, 0.1) is 6.10 Å². The number of carbonyl (C=O) groups excluding carboxylic acids is 1. The predicted molar refractivity (Wildman–Crippen MR) is 86.7 cm³/mol. The van der Waals surface area contributed by atoms with Crippen molar-refractivity contribution >= 4 is 12.1 Å². The molecule has 0 unspecified atom stereocenters. The van der Waals surface area contributed by atoms with E-state index in [1.807, 2.05) is 13.8 Å². The number of benzene rings is 1. The summed E-state index contributed by atoms with van der Waals surface area (Å²) in [6.07, 6.45) is -0.512. The summed E-state index contributed by atoms with van der Waals surface area (Å²) < 4.78 is 10.6. The SMILES string of the molecule is CC(C)Oc1ccc(C[C@H](NC(=O)OC(C)(C)C)C(=O)O)cc1. The molecule has 0 aliphatic rings. The van der Waals surface area contributed by atoms with E-state index in [0.717, 1.165) is 11.3 Å². The first-order chi connectivity index (χ1) is 10.6. The molecule has 128 valence electrons. The third-order valence-electron chi connectivity index (χ3n) is 2.72. The Hall–Kier alpha value is -2.24. The van der Waals surface area contributed by atoms with Gasteiger partial charge in [0, 0.05) is 6.42 Å². The van der Waals surface area contributed by atoms with E-state index in [1.54, 1.807) is 45.0 Å². The highest BCUT2D eigenvalue weighted by Gasteiger charge is 2.24. The van der Waals surface area contributed by atoms with Crippen molar-refractivity contribution < 1.29 is 24.2 Å². The molecule has 6 nitrogen and oxygen atoms in total. The number of rotatable bonds is 6. The molecule has 0 saturated heterocycles. The molecule has 0 radical (unpaired) electrons. The van der Waals surface area contributed by atoms with Crippen LogP contribution in [0, 0.1) is 0 Å². The maximum Gasteiger partial charge on any atom is 0.408 e. The van der Waals surface area contributed by atoms with Crippen molar-refractivity contribution in [2.75, 3.05) is 0 Å². The molecule has 0 aliphatic carbocycles. The van der Waals surface area contributed by atoms with E-state index in [4.69, 9.17) is 9.47 Å². The minimum absolute atomic E-state index is 0.0708. The molecule has 1 aromatic carbocycles. The second-order valence-electron chi connectivity index (χ2n) is 6.55. The van der Waals surface area contributed by atoms with Crippen LogP contribution in [0.2, 0.25) is 0 Å². The van der Waals surface area contributed by atoms with E-state index < -0.39 is 23.7 Å². The lowest BCUT2D eigenvalue weighted by atomic mass is 10.1. The van der Waals surface area contributed by atoms with Crippen molar-refractivity contribution in [2.24, 2.45) is 0 Å². The molecule has 6 heteroatoms. The molecule has 0 fully saturated rings. The molecular weight excluding hydrogens is 298 g/mol. The number of hydrogen-bond donors (Lipinski definition) is 2. The van der Waals surface area contributed by atoms with Gasteiger partial charge in [-0.05, 0) is 52.3 Å². The van der Waals surface area contributed by atoms with Crippen LogP contribution in [-0.2, 0) is 16.0 Å². The van der Waals surface area contributed by atoms with Crippen LogP contribution in [0.15, 0.2) is 24.3 Å². The van der Waals surface area contributed by atoms with E-state index in [1.165, 1.54) is 0 Å². The molecule has 0 heterocycles. The number of carboxylic acid groups (broad SMARTS) is 1. The highest BCUT2D eigenvalue weighted by atomic mass is 16.6. The number of carbonyl (C=O) groups is 2. The summed E-state index contributed by atoms with van der Waals surface area (Å²) in [6, 6.07) is 6.07. The average molecular weight is 323 g/mol. The van der Waals surface area contributed by atoms with Crippen molar-refractivity contribution in [1.82, 2.24) is 5.32 Å². The first-order valence-electron chi connectivity index (χ1n) is 7.55. The molecule has 0 aliphatic heterocycles. The Kier molecular flexibility index (Phi) is 6.42. The Morgan fingerprint density at radius 2 is 1.74 bits per heavy atom. The summed E-state index contributed by atoms with van der Waals surface area (Å²) in [6.45, 7) is 9.01. The van der Waals surface area contributed by atoms with Gasteiger partial charge in [0.25, 0.3) is 0 Å². The summed E-state index contributed by atoms with van der Waals surface area (Å²) >= 11 is 0. The molecule has 1 amide bonds. The van der Waals surface area contributed by atoms with Gasteiger partial charge in [0.2, 0.25) is 0 Å². The molecule has 0 spiro atoms. The Labute approximate surface area is 136 Å². The lowest BCUT2D eigenvalue weighted by Gasteiger charge is -2.22. The van der Waals surface area contributed by atoms with Gasteiger partial charge in [-0.3, -0.25) is 0 Å². The highest BCUT2D eigenvalue weighted by molar-refractivity contribution is 5.80. The number of ether oxygens (including phenoxy) is 2. The maximum absolute atomic E-state index is 11.7. The van der Waals surface area contributed by atoms with Crippen LogP contribution in [-0.4, -0.2) is 34.9 Å². The fourth-order valence-corrected chi connectivity index (χ4v) is 1.86. The molecule has 1 aromatic rings. The van der Waals surface area contributed by atoms with Crippen LogP contribution in [0.4, 0.5) is 4.79 Å². The minimum atomic E-state index is -1.11. The molecule has 1 atom stereocenters. The van der Waals surface area contributed by atoms with Crippen LogP contribution in [0.3, 0.4) is 0 Å². The Morgan fingerprint density at radius 1 is 1.17 bits per heavy atom. The molecular formula is C17H25NO5. The summed E-state index contributed by atoms with van der Waals surface area (Å²) in [7, 11) is 0. The number of amides is 1. The quantitative estimate of drug-likeness (QED) is 0.840. The third kappa shape index (κ3) is 7.54. The van der Waals surface area contributed by atoms with Gasteiger partial charge in [-0.2, -0.15) is 0 Å².